The topological polar surface area (TPSA) is 27.7 Å². The molecule has 0 spiro atoms. The van der Waals surface area contributed by atoms with E-state index in [1.807, 2.05) is 18.2 Å². The molecule has 2 rings (SSSR count). The molecule has 0 saturated carbocycles. The van der Waals surface area contributed by atoms with Gasteiger partial charge in [0, 0.05) is 11.1 Å². The van der Waals surface area contributed by atoms with Gasteiger partial charge in [-0.2, -0.15) is 0 Å². The molecule has 0 bridgehead atoms. The van der Waals surface area contributed by atoms with Crippen molar-refractivity contribution in [3.63, 3.8) is 0 Å². The van der Waals surface area contributed by atoms with Crippen molar-refractivity contribution < 1.29 is 14.2 Å². The summed E-state index contributed by atoms with van der Waals surface area (Å²) >= 11 is 3.52. The van der Waals surface area contributed by atoms with E-state index in [0.29, 0.717) is 13.2 Å². The van der Waals surface area contributed by atoms with Crippen LogP contribution in [0.15, 0.2) is 22.7 Å². The van der Waals surface area contributed by atoms with Crippen molar-refractivity contribution in [1.82, 2.24) is 0 Å². The number of halogens is 1. The molecule has 1 saturated heterocycles. The highest BCUT2D eigenvalue weighted by atomic mass is 79.9. The van der Waals surface area contributed by atoms with Crippen molar-refractivity contribution in [1.29, 1.82) is 0 Å². The van der Waals surface area contributed by atoms with Gasteiger partial charge in [0.05, 0.1) is 26.4 Å². The van der Waals surface area contributed by atoms with Gasteiger partial charge >= 0.3 is 0 Å². The van der Waals surface area contributed by atoms with Crippen LogP contribution >= 0.6 is 15.9 Å². The minimum atomic E-state index is 0.267. The summed E-state index contributed by atoms with van der Waals surface area (Å²) in [5.41, 5.74) is 1.10. The average molecular weight is 315 g/mol. The zero-order valence-electron chi connectivity index (χ0n) is 10.7. The number of methoxy groups -OCH3 is 1. The van der Waals surface area contributed by atoms with Crippen LogP contribution in [0.2, 0.25) is 0 Å². The van der Waals surface area contributed by atoms with Gasteiger partial charge in [0.15, 0.2) is 0 Å². The van der Waals surface area contributed by atoms with Crippen LogP contribution in [0.1, 0.15) is 24.8 Å². The largest absolute Gasteiger partial charge is 0.497 e. The summed E-state index contributed by atoms with van der Waals surface area (Å²) in [5.74, 6) is 0.853. The Balaban J connectivity index is 1.81. The smallest absolute Gasteiger partial charge is 0.119 e. The number of rotatable bonds is 5. The molecule has 0 aliphatic carbocycles. The molecule has 1 fully saturated rings. The van der Waals surface area contributed by atoms with Gasteiger partial charge in [-0.05, 0) is 43.0 Å². The second-order valence-electron chi connectivity index (χ2n) is 4.46. The van der Waals surface area contributed by atoms with Crippen molar-refractivity contribution in [3.05, 3.63) is 28.2 Å². The lowest BCUT2D eigenvalue weighted by Crippen LogP contribution is -2.24. The normalized spacial score (nSPS) is 19.8. The zero-order valence-corrected chi connectivity index (χ0v) is 12.2. The first-order valence-electron chi connectivity index (χ1n) is 6.31. The molecule has 18 heavy (non-hydrogen) atoms. The van der Waals surface area contributed by atoms with E-state index < -0.39 is 0 Å². The summed E-state index contributed by atoms with van der Waals surface area (Å²) < 4.78 is 17.6. The van der Waals surface area contributed by atoms with Crippen molar-refractivity contribution in [2.24, 2.45) is 0 Å². The van der Waals surface area contributed by atoms with Crippen molar-refractivity contribution in [2.75, 3.05) is 20.3 Å². The summed E-state index contributed by atoms with van der Waals surface area (Å²) in [6, 6.07) is 5.90. The summed E-state index contributed by atoms with van der Waals surface area (Å²) in [7, 11) is 1.67. The third-order valence-corrected chi connectivity index (χ3v) is 3.86. The molecule has 3 nitrogen and oxygen atoms in total. The predicted octanol–water partition coefficient (Wildman–Crippen LogP) is 3.54. The van der Waals surface area contributed by atoms with Crippen molar-refractivity contribution in [3.8, 4) is 5.75 Å². The van der Waals surface area contributed by atoms with Crippen molar-refractivity contribution >= 4 is 15.9 Å². The van der Waals surface area contributed by atoms with Gasteiger partial charge in [0.1, 0.15) is 5.75 Å². The fourth-order valence-corrected chi connectivity index (χ4v) is 2.39. The quantitative estimate of drug-likeness (QED) is 0.832. The van der Waals surface area contributed by atoms with Crippen LogP contribution in [0.4, 0.5) is 0 Å². The first kappa shape index (κ1) is 13.8. The molecule has 1 aliphatic rings. The summed E-state index contributed by atoms with van der Waals surface area (Å²) in [6.07, 6.45) is 3.80. The molecule has 0 aromatic heterocycles. The van der Waals surface area contributed by atoms with E-state index in [-0.39, 0.29) is 6.10 Å². The predicted molar refractivity (Wildman–Crippen MR) is 73.9 cm³/mol. The van der Waals surface area contributed by atoms with E-state index in [1.165, 1.54) is 12.8 Å². The van der Waals surface area contributed by atoms with E-state index in [0.717, 1.165) is 28.8 Å². The number of ether oxygens (including phenoxy) is 3. The maximum atomic E-state index is 5.73. The number of hydrogen-bond acceptors (Lipinski definition) is 3. The third kappa shape index (κ3) is 3.97. The van der Waals surface area contributed by atoms with Gasteiger partial charge in [-0.25, -0.2) is 0 Å². The van der Waals surface area contributed by atoms with Crippen LogP contribution in [0.25, 0.3) is 0 Å². The number of hydrogen-bond donors (Lipinski definition) is 0. The highest BCUT2D eigenvalue weighted by Gasteiger charge is 2.14. The molecule has 0 radical (unpaired) electrons. The first-order valence-corrected chi connectivity index (χ1v) is 7.10. The monoisotopic (exact) mass is 314 g/mol. The Morgan fingerprint density at radius 2 is 2.28 bits per heavy atom. The van der Waals surface area contributed by atoms with Gasteiger partial charge in [0.25, 0.3) is 0 Å². The SMILES string of the molecule is COc1ccc(Br)c(COCC2CCCCO2)c1. The second kappa shape index (κ2) is 7.12. The lowest BCUT2D eigenvalue weighted by molar-refractivity contribution is -0.0448. The Bertz CT molecular complexity index is 375. The Labute approximate surface area is 117 Å². The van der Waals surface area contributed by atoms with Crippen LogP contribution in [0.3, 0.4) is 0 Å². The third-order valence-electron chi connectivity index (χ3n) is 3.09. The van der Waals surface area contributed by atoms with Crippen molar-refractivity contribution in [2.45, 2.75) is 32.0 Å². The molecule has 1 aliphatic heterocycles. The summed E-state index contributed by atoms with van der Waals surface area (Å²) in [4.78, 5) is 0. The molecule has 4 heteroatoms. The standard InChI is InChI=1S/C14H19BrO3/c1-16-12-5-6-14(15)11(8-12)9-17-10-13-4-2-3-7-18-13/h5-6,8,13H,2-4,7,9-10H2,1H3. The van der Waals surface area contributed by atoms with Gasteiger partial charge < -0.3 is 14.2 Å². The molecular formula is C14H19BrO3. The Morgan fingerprint density at radius 3 is 3.00 bits per heavy atom. The van der Waals surface area contributed by atoms with E-state index in [4.69, 9.17) is 14.2 Å². The van der Waals surface area contributed by atoms with Crippen LogP contribution in [-0.2, 0) is 16.1 Å². The maximum absolute atomic E-state index is 5.73. The van der Waals surface area contributed by atoms with E-state index in [9.17, 15) is 0 Å². The summed E-state index contributed by atoms with van der Waals surface area (Å²) in [5, 5.41) is 0. The average Bonchev–Trinajstić information content (AvgIpc) is 2.42. The van der Waals surface area contributed by atoms with Crippen LogP contribution < -0.4 is 4.74 Å². The van der Waals surface area contributed by atoms with Gasteiger partial charge in [-0.15, -0.1) is 0 Å². The Hall–Kier alpha value is -0.580. The number of benzene rings is 1. The van der Waals surface area contributed by atoms with Gasteiger partial charge in [-0.1, -0.05) is 15.9 Å². The van der Waals surface area contributed by atoms with E-state index in [1.54, 1.807) is 7.11 Å². The molecule has 1 unspecified atom stereocenters. The molecule has 100 valence electrons. The molecule has 0 N–H and O–H groups in total. The Morgan fingerprint density at radius 1 is 1.39 bits per heavy atom. The highest BCUT2D eigenvalue weighted by molar-refractivity contribution is 9.10. The lowest BCUT2D eigenvalue weighted by Gasteiger charge is -2.22. The molecule has 0 amide bonds. The molecule has 1 aromatic carbocycles. The van der Waals surface area contributed by atoms with Crippen LogP contribution in [-0.4, -0.2) is 26.4 Å². The lowest BCUT2D eigenvalue weighted by atomic mass is 10.1. The highest BCUT2D eigenvalue weighted by Crippen LogP contribution is 2.23. The molecule has 1 atom stereocenters. The maximum Gasteiger partial charge on any atom is 0.119 e. The zero-order chi connectivity index (χ0) is 12.8. The fourth-order valence-electron chi connectivity index (χ4n) is 2.03. The Kier molecular flexibility index (Phi) is 5.47. The van der Waals surface area contributed by atoms with Crippen LogP contribution in [0, 0.1) is 0 Å². The first-order chi connectivity index (χ1) is 8.79. The minimum Gasteiger partial charge on any atom is -0.497 e. The minimum absolute atomic E-state index is 0.267. The summed E-state index contributed by atoms with van der Waals surface area (Å²) in [6.45, 7) is 2.12. The molecule has 1 heterocycles. The van der Waals surface area contributed by atoms with Gasteiger partial charge in [-0.3, -0.25) is 0 Å². The molecular weight excluding hydrogens is 296 g/mol. The fraction of sp³-hybridized carbons (Fsp3) is 0.571. The second-order valence-corrected chi connectivity index (χ2v) is 5.32. The van der Waals surface area contributed by atoms with Gasteiger partial charge in [0.2, 0.25) is 0 Å². The van der Waals surface area contributed by atoms with E-state index >= 15 is 0 Å². The van der Waals surface area contributed by atoms with E-state index in [2.05, 4.69) is 15.9 Å². The molecule has 1 aromatic rings. The van der Waals surface area contributed by atoms with Crippen LogP contribution in [0.5, 0.6) is 5.75 Å².